The monoisotopic (exact) mass is 349 g/mol. The molecule has 2 aromatic carbocycles. The van der Waals surface area contributed by atoms with Gasteiger partial charge in [0.1, 0.15) is 5.75 Å². The molecule has 0 amide bonds. The number of hydrogen-bond donors (Lipinski definition) is 1. The highest BCUT2D eigenvalue weighted by molar-refractivity contribution is 9.10. The van der Waals surface area contributed by atoms with Crippen molar-refractivity contribution in [3.05, 3.63) is 58.1 Å². The van der Waals surface area contributed by atoms with Crippen LogP contribution in [0.15, 0.2) is 46.9 Å². The van der Waals surface area contributed by atoms with E-state index in [1.54, 1.807) is 14.0 Å². The van der Waals surface area contributed by atoms with Crippen LogP contribution in [0, 0.1) is 0 Å². The third kappa shape index (κ3) is 3.99. The summed E-state index contributed by atoms with van der Waals surface area (Å²) in [5.74, 6) is 0.853. The third-order valence-electron chi connectivity index (χ3n) is 3.41. The van der Waals surface area contributed by atoms with E-state index in [1.165, 1.54) is 0 Å². The Bertz CT molecular complexity index is 613. The van der Waals surface area contributed by atoms with Gasteiger partial charge in [-0.15, -0.1) is 0 Å². The van der Waals surface area contributed by atoms with Crippen LogP contribution < -0.4 is 9.64 Å². The number of rotatable bonds is 5. The van der Waals surface area contributed by atoms with Gasteiger partial charge < -0.3 is 14.7 Å². The molecule has 0 aliphatic heterocycles. The maximum atomic E-state index is 9.93. The third-order valence-corrected chi connectivity index (χ3v) is 3.90. The van der Waals surface area contributed by atoms with Gasteiger partial charge in [-0.25, -0.2) is 0 Å². The summed E-state index contributed by atoms with van der Waals surface area (Å²) in [6.45, 7) is 2.53. The average Bonchev–Trinajstić information content (AvgIpc) is 2.47. The van der Waals surface area contributed by atoms with E-state index in [0.717, 1.165) is 33.6 Å². The van der Waals surface area contributed by atoms with Crippen molar-refractivity contribution in [1.82, 2.24) is 0 Å². The molecule has 0 saturated heterocycles. The Morgan fingerprint density at radius 2 is 2.00 bits per heavy atom. The van der Waals surface area contributed by atoms with Crippen molar-refractivity contribution in [3.63, 3.8) is 0 Å². The largest absolute Gasteiger partial charge is 0.497 e. The molecule has 2 rings (SSSR count). The quantitative estimate of drug-likeness (QED) is 0.880. The standard InChI is InChI=1S/C17H20BrNO2/c1-12(20)16-8-7-14(18)10-17(16)19(2)11-13-5-4-6-15(9-13)21-3/h4-10,12,20H,11H2,1-3H3. The maximum Gasteiger partial charge on any atom is 0.119 e. The van der Waals surface area contributed by atoms with Crippen LogP contribution in [-0.4, -0.2) is 19.3 Å². The van der Waals surface area contributed by atoms with Crippen LogP contribution in [0.4, 0.5) is 5.69 Å². The van der Waals surface area contributed by atoms with Crippen LogP contribution in [0.25, 0.3) is 0 Å². The first-order valence-corrected chi connectivity index (χ1v) is 7.62. The summed E-state index contributed by atoms with van der Waals surface area (Å²) in [5, 5.41) is 9.93. The smallest absolute Gasteiger partial charge is 0.119 e. The number of methoxy groups -OCH3 is 1. The molecule has 0 spiro atoms. The molecule has 0 bridgehead atoms. The van der Waals surface area contributed by atoms with Crippen molar-refractivity contribution >= 4 is 21.6 Å². The van der Waals surface area contributed by atoms with E-state index < -0.39 is 6.10 Å². The van der Waals surface area contributed by atoms with Crippen molar-refractivity contribution in [1.29, 1.82) is 0 Å². The van der Waals surface area contributed by atoms with E-state index in [2.05, 4.69) is 26.9 Å². The summed E-state index contributed by atoms with van der Waals surface area (Å²) in [6.07, 6.45) is -0.499. The lowest BCUT2D eigenvalue weighted by atomic mass is 10.1. The minimum absolute atomic E-state index is 0.499. The summed E-state index contributed by atoms with van der Waals surface area (Å²) in [4.78, 5) is 2.13. The van der Waals surface area contributed by atoms with Gasteiger partial charge in [-0.3, -0.25) is 0 Å². The van der Waals surface area contributed by atoms with Crippen LogP contribution in [0.2, 0.25) is 0 Å². The molecular formula is C17H20BrNO2. The zero-order chi connectivity index (χ0) is 15.4. The first-order valence-electron chi connectivity index (χ1n) is 6.83. The average molecular weight is 350 g/mol. The van der Waals surface area contributed by atoms with E-state index in [-0.39, 0.29) is 0 Å². The van der Waals surface area contributed by atoms with Gasteiger partial charge in [0.15, 0.2) is 0 Å². The van der Waals surface area contributed by atoms with Crippen LogP contribution in [0.5, 0.6) is 5.75 Å². The molecule has 112 valence electrons. The number of aliphatic hydroxyl groups is 1. The lowest BCUT2D eigenvalue weighted by molar-refractivity contribution is 0.199. The molecule has 4 heteroatoms. The number of ether oxygens (including phenoxy) is 1. The molecule has 2 aromatic rings. The molecule has 3 nitrogen and oxygen atoms in total. The number of benzene rings is 2. The summed E-state index contributed by atoms with van der Waals surface area (Å²) >= 11 is 3.49. The zero-order valence-electron chi connectivity index (χ0n) is 12.5. The van der Waals surface area contributed by atoms with Crippen molar-refractivity contribution < 1.29 is 9.84 Å². The van der Waals surface area contributed by atoms with Crippen molar-refractivity contribution in [3.8, 4) is 5.75 Å². The first kappa shape index (κ1) is 15.9. The van der Waals surface area contributed by atoms with Gasteiger partial charge in [-0.1, -0.05) is 34.1 Å². The first-order chi connectivity index (χ1) is 10.0. The molecule has 0 radical (unpaired) electrons. The van der Waals surface area contributed by atoms with Crippen LogP contribution in [-0.2, 0) is 6.54 Å². The summed E-state index contributed by atoms with van der Waals surface area (Å²) in [5.41, 5.74) is 3.10. The minimum atomic E-state index is -0.499. The minimum Gasteiger partial charge on any atom is -0.497 e. The van der Waals surface area contributed by atoms with Crippen molar-refractivity contribution in [2.24, 2.45) is 0 Å². The van der Waals surface area contributed by atoms with Crippen LogP contribution in [0.1, 0.15) is 24.2 Å². The number of halogens is 1. The Hall–Kier alpha value is -1.52. The fraction of sp³-hybridized carbons (Fsp3) is 0.294. The molecule has 0 aromatic heterocycles. The Morgan fingerprint density at radius 1 is 1.24 bits per heavy atom. The van der Waals surface area contributed by atoms with E-state index in [4.69, 9.17) is 4.74 Å². The second-order valence-electron chi connectivity index (χ2n) is 5.09. The molecule has 1 atom stereocenters. The van der Waals surface area contributed by atoms with Gasteiger partial charge in [0.05, 0.1) is 13.2 Å². The topological polar surface area (TPSA) is 32.7 Å². The second kappa shape index (κ2) is 6.96. The summed E-state index contributed by atoms with van der Waals surface area (Å²) in [6, 6.07) is 13.9. The maximum absolute atomic E-state index is 9.93. The van der Waals surface area contributed by atoms with Crippen LogP contribution in [0.3, 0.4) is 0 Å². The zero-order valence-corrected chi connectivity index (χ0v) is 14.1. The van der Waals surface area contributed by atoms with Gasteiger partial charge in [0, 0.05) is 29.3 Å². The summed E-state index contributed by atoms with van der Waals surface area (Å²) < 4.78 is 6.26. The lowest BCUT2D eigenvalue weighted by Crippen LogP contribution is -2.18. The van der Waals surface area contributed by atoms with Gasteiger partial charge in [-0.05, 0) is 36.8 Å². The van der Waals surface area contributed by atoms with Gasteiger partial charge >= 0.3 is 0 Å². The number of aliphatic hydroxyl groups excluding tert-OH is 1. The normalized spacial score (nSPS) is 12.0. The number of anilines is 1. The predicted octanol–water partition coefficient (Wildman–Crippen LogP) is 4.15. The molecule has 1 unspecified atom stereocenters. The van der Waals surface area contributed by atoms with Crippen molar-refractivity contribution in [2.45, 2.75) is 19.6 Å². The highest BCUT2D eigenvalue weighted by Gasteiger charge is 2.12. The highest BCUT2D eigenvalue weighted by atomic mass is 79.9. The lowest BCUT2D eigenvalue weighted by Gasteiger charge is -2.24. The Morgan fingerprint density at radius 3 is 2.67 bits per heavy atom. The second-order valence-corrected chi connectivity index (χ2v) is 6.00. The molecule has 0 aliphatic rings. The molecular weight excluding hydrogens is 330 g/mol. The molecule has 1 N–H and O–H groups in total. The SMILES string of the molecule is COc1cccc(CN(C)c2cc(Br)ccc2C(C)O)c1. The van der Waals surface area contributed by atoms with E-state index in [1.807, 2.05) is 43.4 Å². The van der Waals surface area contributed by atoms with E-state index in [9.17, 15) is 5.11 Å². The fourth-order valence-corrected chi connectivity index (χ4v) is 2.68. The highest BCUT2D eigenvalue weighted by Crippen LogP contribution is 2.30. The molecule has 0 aliphatic carbocycles. The van der Waals surface area contributed by atoms with Gasteiger partial charge in [0.2, 0.25) is 0 Å². The fourth-order valence-electron chi connectivity index (χ4n) is 2.33. The van der Waals surface area contributed by atoms with E-state index >= 15 is 0 Å². The Kier molecular flexibility index (Phi) is 5.26. The molecule has 0 heterocycles. The van der Waals surface area contributed by atoms with Crippen LogP contribution >= 0.6 is 15.9 Å². The van der Waals surface area contributed by atoms with Gasteiger partial charge in [0.25, 0.3) is 0 Å². The van der Waals surface area contributed by atoms with E-state index in [0.29, 0.717) is 0 Å². The molecule has 0 fully saturated rings. The predicted molar refractivity (Wildman–Crippen MR) is 89.9 cm³/mol. The Balaban J connectivity index is 2.27. The number of nitrogens with zero attached hydrogens (tertiary/aromatic N) is 1. The molecule has 21 heavy (non-hydrogen) atoms. The Labute approximate surface area is 134 Å². The number of hydrogen-bond acceptors (Lipinski definition) is 3. The van der Waals surface area contributed by atoms with Crippen molar-refractivity contribution in [2.75, 3.05) is 19.1 Å². The van der Waals surface area contributed by atoms with Gasteiger partial charge in [-0.2, -0.15) is 0 Å². The molecule has 0 saturated carbocycles. The summed E-state index contributed by atoms with van der Waals surface area (Å²) in [7, 11) is 3.69.